The molecule has 3 aromatic carbocycles. The number of aromatic nitrogens is 2. The highest BCUT2D eigenvalue weighted by Crippen LogP contribution is 2.28. The van der Waals surface area contributed by atoms with Crippen LogP contribution in [-0.4, -0.2) is 18.2 Å². The van der Waals surface area contributed by atoms with Gasteiger partial charge in [0.05, 0.1) is 18.1 Å². The van der Waals surface area contributed by atoms with Gasteiger partial charge in [-0.2, -0.15) is 0 Å². The predicted octanol–water partition coefficient (Wildman–Crippen LogP) is 3.91. The molecule has 5 nitrogen and oxygen atoms in total. The first-order chi connectivity index (χ1) is 14.1. The van der Waals surface area contributed by atoms with Crippen LogP contribution in [0.2, 0.25) is 0 Å². The number of aryl methyl sites for hydroxylation is 1. The fourth-order valence-corrected chi connectivity index (χ4v) is 3.54. The molecular formula is C24H22N3O2+. The molecule has 0 aliphatic rings. The first kappa shape index (κ1) is 18.6. The fourth-order valence-electron chi connectivity index (χ4n) is 3.54. The van der Waals surface area contributed by atoms with Gasteiger partial charge in [-0.3, -0.25) is 0 Å². The molecule has 29 heavy (non-hydrogen) atoms. The maximum Gasteiger partial charge on any atom is 0.338 e. The molecule has 2 N–H and O–H groups in total. The number of esters is 1. The van der Waals surface area contributed by atoms with Gasteiger partial charge in [-0.15, -0.1) is 0 Å². The second-order valence-electron chi connectivity index (χ2n) is 6.95. The number of carbonyl (C=O) groups excluding carboxylic acids is 1. The van der Waals surface area contributed by atoms with Crippen molar-refractivity contribution in [2.75, 3.05) is 12.8 Å². The van der Waals surface area contributed by atoms with Crippen molar-refractivity contribution in [2.24, 2.45) is 0 Å². The minimum Gasteiger partial charge on any atom is -0.465 e. The van der Waals surface area contributed by atoms with Crippen LogP contribution in [0.4, 0.5) is 5.82 Å². The number of carbonyl (C=O) groups is 1. The summed E-state index contributed by atoms with van der Waals surface area (Å²) in [5.74, 6) is 0.0823. The number of nitrogens with zero attached hydrogens (tertiary/aromatic N) is 2. The van der Waals surface area contributed by atoms with Crippen molar-refractivity contribution in [3.05, 3.63) is 89.5 Å². The van der Waals surface area contributed by atoms with Gasteiger partial charge < -0.3 is 10.5 Å². The van der Waals surface area contributed by atoms with Gasteiger partial charge in [0.15, 0.2) is 5.82 Å². The number of nitrogen functional groups attached to an aromatic ring is 1. The fraction of sp³-hybridized carbons (Fsp3) is 0.125. The van der Waals surface area contributed by atoms with E-state index in [4.69, 9.17) is 10.5 Å². The van der Waals surface area contributed by atoms with Crippen LogP contribution in [0.15, 0.2) is 72.8 Å². The monoisotopic (exact) mass is 384 g/mol. The van der Waals surface area contributed by atoms with E-state index < -0.39 is 0 Å². The van der Waals surface area contributed by atoms with Crippen LogP contribution in [-0.2, 0) is 11.3 Å². The Morgan fingerprint density at radius 3 is 2.34 bits per heavy atom. The zero-order valence-corrected chi connectivity index (χ0v) is 16.4. The summed E-state index contributed by atoms with van der Waals surface area (Å²) in [6, 6.07) is 23.7. The summed E-state index contributed by atoms with van der Waals surface area (Å²) in [5, 5.41) is 6.58. The topological polar surface area (TPSA) is 69.1 Å². The molecule has 0 saturated carbocycles. The zero-order valence-electron chi connectivity index (χ0n) is 16.4. The van der Waals surface area contributed by atoms with Crippen molar-refractivity contribution in [3.63, 3.8) is 0 Å². The third kappa shape index (κ3) is 3.55. The Morgan fingerprint density at radius 2 is 1.62 bits per heavy atom. The molecule has 0 atom stereocenters. The van der Waals surface area contributed by atoms with Crippen molar-refractivity contribution >= 4 is 22.6 Å². The Balaban J connectivity index is 1.95. The number of nitrogens with two attached hydrogens (primary N) is 1. The van der Waals surface area contributed by atoms with Crippen LogP contribution in [0.5, 0.6) is 0 Å². The molecule has 5 heteroatoms. The highest BCUT2D eigenvalue weighted by Gasteiger charge is 2.24. The Kier molecular flexibility index (Phi) is 4.96. The molecule has 0 bridgehead atoms. The number of hydrogen-bond donors (Lipinski definition) is 1. The molecule has 0 fully saturated rings. The quantitative estimate of drug-likeness (QED) is 0.428. The van der Waals surface area contributed by atoms with Crippen LogP contribution >= 0.6 is 0 Å². The highest BCUT2D eigenvalue weighted by atomic mass is 16.5. The summed E-state index contributed by atoms with van der Waals surface area (Å²) < 4.78 is 6.81. The molecule has 0 aliphatic carbocycles. The van der Waals surface area contributed by atoms with E-state index >= 15 is 0 Å². The first-order valence-electron chi connectivity index (χ1n) is 9.40. The molecule has 0 amide bonds. The van der Waals surface area contributed by atoms with Gasteiger partial charge in [0.2, 0.25) is 12.2 Å². The van der Waals surface area contributed by atoms with Crippen molar-refractivity contribution < 1.29 is 14.2 Å². The number of rotatable bonds is 4. The summed E-state index contributed by atoms with van der Waals surface area (Å²) in [6.45, 7) is 2.45. The van der Waals surface area contributed by atoms with Crippen LogP contribution in [0, 0.1) is 6.92 Å². The van der Waals surface area contributed by atoms with Crippen LogP contribution in [0.3, 0.4) is 0 Å². The predicted molar refractivity (Wildman–Crippen MR) is 113 cm³/mol. The van der Waals surface area contributed by atoms with Crippen LogP contribution < -0.4 is 10.4 Å². The molecule has 144 valence electrons. The molecule has 1 aromatic heterocycles. The Bertz CT molecular complexity index is 1200. The molecule has 4 aromatic rings. The van der Waals surface area contributed by atoms with Crippen LogP contribution in [0.1, 0.15) is 21.5 Å². The average Bonchev–Trinajstić information content (AvgIpc) is 2.75. The third-order valence-electron chi connectivity index (χ3n) is 5.01. The van der Waals surface area contributed by atoms with Crippen molar-refractivity contribution in [2.45, 2.75) is 13.5 Å². The molecule has 0 saturated heterocycles. The summed E-state index contributed by atoms with van der Waals surface area (Å²) in [6.07, 6.45) is 0. The van der Waals surface area contributed by atoms with E-state index in [-0.39, 0.29) is 5.97 Å². The average molecular weight is 384 g/mol. The van der Waals surface area contributed by atoms with E-state index in [9.17, 15) is 4.79 Å². The van der Waals surface area contributed by atoms with Gasteiger partial charge >= 0.3 is 5.97 Å². The highest BCUT2D eigenvalue weighted by molar-refractivity contribution is 5.98. The number of benzene rings is 3. The smallest absolute Gasteiger partial charge is 0.338 e. The number of anilines is 1. The van der Waals surface area contributed by atoms with Gasteiger partial charge in [-0.25, -0.2) is 4.79 Å². The van der Waals surface area contributed by atoms with Gasteiger partial charge in [-0.1, -0.05) is 58.8 Å². The largest absolute Gasteiger partial charge is 0.465 e. The van der Waals surface area contributed by atoms with Gasteiger partial charge in [0.1, 0.15) is 0 Å². The van der Waals surface area contributed by atoms with E-state index in [1.807, 2.05) is 47.1 Å². The third-order valence-corrected chi connectivity index (χ3v) is 5.01. The molecule has 0 radical (unpaired) electrons. The van der Waals surface area contributed by atoms with E-state index in [1.54, 1.807) is 6.07 Å². The van der Waals surface area contributed by atoms with Crippen molar-refractivity contribution in [3.8, 4) is 11.3 Å². The lowest BCUT2D eigenvalue weighted by molar-refractivity contribution is -0.733. The SMILES string of the molecule is COC(=O)c1ccccc1C[n+]1nc(N)c2ccccc2c1-c1ccc(C)cc1. The second kappa shape index (κ2) is 7.72. The zero-order chi connectivity index (χ0) is 20.4. The lowest BCUT2D eigenvalue weighted by Gasteiger charge is -2.10. The van der Waals surface area contributed by atoms with Crippen molar-refractivity contribution in [1.29, 1.82) is 0 Å². The minimum atomic E-state index is -0.369. The van der Waals surface area contributed by atoms with Gasteiger partial charge in [-0.05, 0) is 31.2 Å². The lowest BCUT2D eigenvalue weighted by atomic mass is 10.0. The first-order valence-corrected chi connectivity index (χ1v) is 9.40. The number of fused-ring (bicyclic) bond motifs is 1. The molecule has 0 spiro atoms. The summed E-state index contributed by atoms with van der Waals surface area (Å²) in [4.78, 5) is 12.2. The number of hydrogen-bond acceptors (Lipinski definition) is 4. The molecule has 0 aliphatic heterocycles. The second-order valence-corrected chi connectivity index (χ2v) is 6.95. The number of ether oxygens (including phenoxy) is 1. The Morgan fingerprint density at radius 1 is 0.966 bits per heavy atom. The Labute approximate surface area is 169 Å². The normalized spacial score (nSPS) is 10.8. The minimum absolute atomic E-state index is 0.369. The number of methoxy groups -OCH3 is 1. The molecular weight excluding hydrogens is 362 g/mol. The summed E-state index contributed by atoms with van der Waals surface area (Å²) in [5.41, 5.74) is 10.8. The van der Waals surface area contributed by atoms with Gasteiger partial charge in [0.25, 0.3) is 0 Å². The lowest BCUT2D eigenvalue weighted by Crippen LogP contribution is -2.42. The van der Waals surface area contributed by atoms with E-state index in [0.29, 0.717) is 17.9 Å². The van der Waals surface area contributed by atoms with Gasteiger partial charge in [0, 0.05) is 21.6 Å². The Hall–Kier alpha value is -3.73. The summed E-state index contributed by atoms with van der Waals surface area (Å²) >= 11 is 0. The van der Waals surface area contributed by atoms with Crippen molar-refractivity contribution in [1.82, 2.24) is 5.10 Å². The maximum atomic E-state index is 12.2. The standard InChI is InChI=1S/C24H22N3O2/c1-16-11-13-17(14-12-16)22-20-9-5-6-10-21(20)23(25)26-27(22)15-18-7-3-4-8-19(18)24(28)29-2/h3-14H,15H2,1-2H3,(H2,25,26)/q+1. The molecule has 4 rings (SSSR count). The summed E-state index contributed by atoms with van der Waals surface area (Å²) in [7, 11) is 1.39. The molecule has 1 heterocycles. The van der Waals surface area contributed by atoms with E-state index in [0.717, 1.165) is 27.6 Å². The van der Waals surface area contributed by atoms with Crippen LogP contribution in [0.25, 0.3) is 22.0 Å². The van der Waals surface area contributed by atoms with E-state index in [2.05, 4.69) is 36.3 Å². The van der Waals surface area contributed by atoms with E-state index in [1.165, 1.54) is 12.7 Å². The molecule has 0 unspecified atom stereocenters. The maximum absolute atomic E-state index is 12.2.